The van der Waals surface area contributed by atoms with E-state index in [9.17, 15) is 8.42 Å². The summed E-state index contributed by atoms with van der Waals surface area (Å²) in [5, 5.41) is 3.74. The smallest absolute Gasteiger partial charge is 0.229 e. The van der Waals surface area contributed by atoms with Crippen LogP contribution in [0, 0.1) is 0 Å². The third-order valence-electron chi connectivity index (χ3n) is 2.81. The number of hydrogen-bond donors (Lipinski definition) is 2. The maximum atomic E-state index is 11.2. The minimum Gasteiger partial charge on any atom is -0.381 e. The molecule has 1 fully saturated rings. The number of benzene rings is 1. The summed E-state index contributed by atoms with van der Waals surface area (Å²) in [4.78, 5) is 0. The van der Waals surface area contributed by atoms with E-state index in [4.69, 9.17) is 16.3 Å². The van der Waals surface area contributed by atoms with Crippen LogP contribution in [-0.2, 0) is 14.8 Å². The lowest BCUT2D eigenvalue weighted by Gasteiger charge is -2.14. The Hall–Kier alpha value is -0.980. The van der Waals surface area contributed by atoms with Crippen LogP contribution >= 0.6 is 11.6 Å². The van der Waals surface area contributed by atoms with Crippen molar-refractivity contribution in [3.05, 3.63) is 23.2 Å². The van der Waals surface area contributed by atoms with Crippen LogP contribution in [-0.4, -0.2) is 33.9 Å². The van der Waals surface area contributed by atoms with Gasteiger partial charge in [-0.1, -0.05) is 11.6 Å². The van der Waals surface area contributed by atoms with Crippen LogP contribution in [0.25, 0.3) is 0 Å². The molecule has 0 bridgehead atoms. The van der Waals surface area contributed by atoms with Crippen LogP contribution in [0.2, 0.25) is 5.02 Å². The molecule has 1 unspecified atom stereocenters. The molecule has 1 aromatic rings. The fourth-order valence-electron chi connectivity index (χ4n) is 1.97. The van der Waals surface area contributed by atoms with Crippen LogP contribution in [0.4, 0.5) is 11.4 Å². The number of hydrogen-bond acceptors (Lipinski definition) is 4. The zero-order chi connectivity index (χ0) is 13.9. The van der Waals surface area contributed by atoms with Crippen LogP contribution in [0.1, 0.15) is 12.8 Å². The van der Waals surface area contributed by atoms with Gasteiger partial charge in [-0.2, -0.15) is 0 Å². The predicted molar refractivity (Wildman–Crippen MR) is 77.4 cm³/mol. The van der Waals surface area contributed by atoms with E-state index in [2.05, 4.69) is 10.0 Å². The summed E-state index contributed by atoms with van der Waals surface area (Å²) in [7, 11) is -3.28. The first-order valence-corrected chi connectivity index (χ1v) is 8.34. The van der Waals surface area contributed by atoms with Crippen molar-refractivity contribution < 1.29 is 13.2 Å². The Balaban J connectivity index is 2.04. The Morgan fingerprint density at radius 2 is 2.26 bits per heavy atom. The van der Waals surface area contributed by atoms with Gasteiger partial charge in [-0.25, -0.2) is 8.42 Å². The Kier molecular flexibility index (Phi) is 4.54. The maximum absolute atomic E-state index is 11.2. The Morgan fingerprint density at radius 3 is 2.89 bits per heavy atom. The summed E-state index contributed by atoms with van der Waals surface area (Å²) in [5.41, 5.74) is 1.19. The minimum absolute atomic E-state index is 0.197. The number of sulfonamides is 1. The molecular formula is C12H17ClN2O3S. The first kappa shape index (κ1) is 14.4. The van der Waals surface area contributed by atoms with Gasteiger partial charge in [-0.05, 0) is 31.0 Å². The number of halogens is 1. The molecule has 1 aromatic carbocycles. The van der Waals surface area contributed by atoms with E-state index < -0.39 is 10.0 Å². The normalized spacial score (nSPS) is 19.4. The van der Waals surface area contributed by atoms with Crippen LogP contribution in [0.3, 0.4) is 0 Å². The van der Waals surface area contributed by atoms with Gasteiger partial charge in [0, 0.05) is 13.2 Å². The molecule has 5 nitrogen and oxygen atoms in total. The van der Waals surface area contributed by atoms with Crippen molar-refractivity contribution in [1.82, 2.24) is 0 Å². The van der Waals surface area contributed by atoms with Gasteiger partial charge >= 0.3 is 0 Å². The van der Waals surface area contributed by atoms with Crippen molar-refractivity contribution in [2.24, 2.45) is 0 Å². The summed E-state index contributed by atoms with van der Waals surface area (Å²) in [6.07, 6.45) is 3.42. The highest BCUT2D eigenvalue weighted by molar-refractivity contribution is 7.92. The number of rotatable bonds is 5. The average Bonchev–Trinajstić information content (AvgIpc) is 2.81. The van der Waals surface area contributed by atoms with Gasteiger partial charge in [0.25, 0.3) is 0 Å². The molecule has 7 heteroatoms. The molecular weight excluding hydrogens is 288 g/mol. The van der Waals surface area contributed by atoms with E-state index in [0.29, 0.717) is 22.9 Å². The van der Waals surface area contributed by atoms with E-state index in [1.807, 2.05) is 0 Å². The van der Waals surface area contributed by atoms with Gasteiger partial charge in [0.05, 0.1) is 28.8 Å². The molecule has 1 aliphatic rings. The lowest BCUT2D eigenvalue weighted by molar-refractivity contribution is 0.120. The fourth-order valence-corrected chi connectivity index (χ4v) is 2.71. The van der Waals surface area contributed by atoms with Crippen LogP contribution in [0.15, 0.2) is 18.2 Å². The van der Waals surface area contributed by atoms with Gasteiger partial charge in [-0.3, -0.25) is 4.72 Å². The Morgan fingerprint density at radius 1 is 1.47 bits per heavy atom. The number of ether oxygens (including phenoxy) is 1. The molecule has 19 heavy (non-hydrogen) atoms. The summed E-state index contributed by atoms with van der Waals surface area (Å²) >= 11 is 6.07. The van der Waals surface area contributed by atoms with Gasteiger partial charge in [0.1, 0.15) is 0 Å². The molecule has 0 radical (unpaired) electrons. The highest BCUT2D eigenvalue weighted by atomic mass is 35.5. The van der Waals surface area contributed by atoms with E-state index >= 15 is 0 Å². The van der Waals surface area contributed by atoms with Gasteiger partial charge < -0.3 is 10.1 Å². The number of anilines is 2. The van der Waals surface area contributed by atoms with E-state index in [1.165, 1.54) is 0 Å². The van der Waals surface area contributed by atoms with Crippen LogP contribution in [0.5, 0.6) is 0 Å². The van der Waals surface area contributed by atoms with Gasteiger partial charge in [-0.15, -0.1) is 0 Å². The molecule has 2 N–H and O–H groups in total. The van der Waals surface area contributed by atoms with Gasteiger partial charge in [0.2, 0.25) is 10.0 Å². The second kappa shape index (κ2) is 5.98. The molecule has 0 aromatic heterocycles. The molecule has 1 atom stereocenters. The largest absolute Gasteiger partial charge is 0.381 e. The third-order valence-corrected chi connectivity index (χ3v) is 3.75. The molecule has 0 aliphatic carbocycles. The lowest BCUT2D eigenvalue weighted by Crippen LogP contribution is -2.18. The van der Waals surface area contributed by atoms with Crippen molar-refractivity contribution in [3.63, 3.8) is 0 Å². The second-order valence-corrected chi connectivity index (χ2v) is 6.74. The van der Waals surface area contributed by atoms with Crippen molar-refractivity contribution in [2.45, 2.75) is 18.9 Å². The zero-order valence-electron chi connectivity index (χ0n) is 10.6. The lowest BCUT2D eigenvalue weighted by atomic mass is 10.2. The molecule has 1 heterocycles. The second-order valence-electron chi connectivity index (χ2n) is 4.58. The van der Waals surface area contributed by atoms with Gasteiger partial charge in [0.15, 0.2) is 0 Å². The third kappa shape index (κ3) is 4.56. The quantitative estimate of drug-likeness (QED) is 0.876. The highest BCUT2D eigenvalue weighted by Gasteiger charge is 2.15. The topological polar surface area (TPSA) is 67.4 Å². The first-order chi connectivity index (χ1) is 8.94. The van der Waals surface area contributed by atoms with E-state index in [1.54, 1.807) is 18.2 Å². The predicted octanol–water partition coefficient (Wildman–Crippen LogP) is 2.30. The number of nitrogens with one attached hydrogen (secondary N) is 2. The standard InChI is InChI=1S/C12H17ClN2O3S/c1-19(16,17)15-9-4-5-11(13)12(7-9)14-8-10-3-2-6-18-10/h4-5,7,10,14-15H,2-3,6,8H2,1H3. The van der Waals surface area contributed by atoms with Crippen molar-refractivity contribution >= 4 is 33.0 Å². The molecule has 0 amide bonds. The Bertz CT molecular complexity index is 542. The molecule has 0 spiro atoms. The molecule has 1 saturated heterocycles. The highest BCUT2D eigenvalue weighted by Crippen LogP contribution is 2.26. The SMILES string of the molecule is CS(=O)(=O)Nc1ccc(Cl)c(NCC2CCCO2)c1. The first-order valence-electron chi connectivity index (χ1n) is 6.07. The molecule has 2 rings (SSSR count). The maximum Gasteiger partial charge on any atom is 0.229 e. The van der Waals surface area contributed by atoms with E-state index in [-0.39, 0.29) is 6.10 Å². The summed E-state index contributed by atoms with van der Waals surface area (Å²) in [6, 6.07) is 4.96. The zero-order valence-corrected chi connectivity index (χ0v) is 12.2. The van der Waals surface area contributed by atoms with Crippen molar-refractivity contribution in [3.8, 4) is 0 Å². The molecule has 106 valence electrons. The van der Waals surface area contributed by atoms with Crippen LogP contribution < -0.4 is 10.0 Å². The Labute approximate surface area is 118 Å². The molecule has 0 saturated carbocycles. The van der Waals surface area contributed by atoms with E-state index in [0.717, 1.165) is 25.7 Å². The summed E-state index contributed by atoms with van der Waals surface area (Å²) in [5.74, 6) is 0. The monoisotopic (exact) mass is 304 g/mol. The average molecular weight is 305 g/mol. The summed E-state index contributed by atoms with van der Waals surface area (Å²) in [6.45, 7) is 1.47. The molecule has 1 aliphatic heterocycles. The minimum atomic E-state index is -3.28. The summed E-state index contributed by atoms with van der Waals surface area (Å²) < 4.78 is 30.3. The van der Waals surface area contributed by atoms with Crippen molar-refractivity contribution in [2.75, 3.05) is 29.4 Å². The fraction of sp³-hybridized carbons (Fsp3) is 0.500. The van der Waals surface area contributed by atoms with Crippen molar-refractivity contribution in [1.29, 1.82) is 0 Å².